The van der Waals surface area contributed by atoms with Crippen molar-refractivity contribution in [3.05, 3.63) is 418 Å². The van der Waals surface area contributed by atoms with E-state index in [9.17, 15) is 20.4 Å². The van der Waals surface area contributed by atoms with Crippen LogP contribution in [0.3, 0.4) is 0 Å². The summed E-state index contributed by atoms with van der Waals surface area (Å²) in [6.45, 7) is 25.8. The SMILES string of the molecule is Cc1cc(CN(CCN(C)C)Cc2cc(C)cc(C3(C)c4ccccc4-c4ccccc43)c2O)c(O)c(-c2c3ccccc3cc3ccccc23)c1.Cc1cc(CN(CCN(C)C)Cc2cc(C)cc(C3(C)c4ccccc4-c4ccccc43)c2O)c(O)c(-c2c3ccccc3cc3ccccc23)c1.[CH2-]c1ccccc1.[CH2-]c1ccccc1.[Cl][Ti][Cl].[Ti+3]. The van der Waals surface area contributed by atoms with Crippen LogP contribution in [-0.4, -0.2) is 94.4 Å². The van der Waals surface area contributed by atoms with Crippen molar-refractivity contribution in [1.82, 2.24) is 19.6 Å². The van der Waals surface area contributed by atoms with Crippen molar-refractivity contribution in [1.29, 1.82) is 0 Å². The van der Waals surface area contributed by atoms with Crippen LogP contribution in [0.25, 0.3) is 87.6 Å². The molecule has 0 heterocycles. The molecule has 0 saturated carbocycles. The number of hydrogen-bond acceptors (Lipinski definition) is 8. The molecule has 611 valence electrons. The van der Waals surface area contributed by atoms with Crippen molar-refractivity contribution in [2.45, 2.75) is 78.6 Å². The first-order chi connectivity index (χ1) is 58.5. The van der Waals surface area contributed by atoms with Gasteiger partial charge in [0, 0.05) is 119 Å². The molecule has 0 aliphatic heterocycles. The Morgan fingerprint density at radius 2 is 0.525 bits per heavy atom. The normalized spacial score (nSPS) is 12.4. The van der Waals surface area contributed by atoms with E-state index in [0.717, 1.165) is 158 Å². The maximum atomic E-state index is 12.3. The van der Waals surface area contributed by atoms with Crippen LogP contribution in [0.1, 0.15) is 103 Å². The zero-order valence-electron chi connectivity index (χ0n) is 71.4. The number of aromatic hydroxyl groups is 4. The van der Waals surface area contributed by atoms with E-state index >= 15 is 0 Å². The van der Waals surface area contributed by atoms with Gasteiger partial charge in [-0.1, -0.05) is 254 Å². The first-order valence-corrected chi connectivity index (χ1v) is 45.7. The molecule has 12 heteroatoms. The maximum Gasteiger partial charge on any atom is 3.00 e. The smallest absolute Gasteiger partial charge is 3.00 e. The number of nitrogens with zero attached hydrogens (tertiary/aromatic N) is 4. The molecule has 0 saturated heterocycles. The molecular formula is C110H106Cl2N4O4Ti2+. The first kappa shape index (κ1) is 89.1. The zero-order valence-corrected chi connectivity index (χ0v) is 76.1. The van der Waals surface area contributed by atoms with Gasteiger partial charge in [-0.25, -0.2) is 0 Å². The van der Waals surface area contributed by atoms with E-state index in [1.165, 1.54) is 44.5 Å². The van der Waals surface area contributed by atoms with E-state index in [4.69, 9.17) is 18.6 Å². The molecule has 0 unspecified atom stereocenters. The van der Waals surface area contributed by atoms with Crippen LogP contribution >= 0.6 is 18.6 Å². The van der Waals surface area contributed by atoms with Gasteiger partial charge in [-0.3, -0.25) is 9.80 Å². The van der Waals surface area contributed by atoms with E-state index in [-0.39, 0.29) is 21.7 Å². The minimum Gasteiger partial charge on any atom is 3.00 e. The van der Waals surface area contributed by atoms with E-state index in [1.807, 2.05) is 60.7 Å². The van der Waals surface area contributed by atoms with Crippen LogP contribution in [0.4, 0.5) is 0 Å². The molecule has 16 aromatic rings. The number of rotatable bonds is 18. The summed E-state index contributed by atoms with van der Waals surface area (Å²) in [6, 6.07) is 109. The van der Waals surface area contributed by atoms with Gasteiger partial charge in [-0.05, 0) is 193 Å². The summed E-state index contributed by atoms with van der Waals surface area (Å²) in [4.78, 5) is 9.09. The van der Waals surface area contributed by atoms with E-state index in [1.54, 1.807) is 0 Å². The second-order valence-corrected chi connectivity index (χ2v) is 35.8. The summed E-state index contributed by atoms with van der Waals surface area (Å²) >= 11 is -0.556. The summed E-state index contributed by atoms with van der Waals surface area (Å²) in [5.41, 5.74) is 24.5. The summed E-state index contributed by atoms with van der Waals surface area (Å²) in [7, 11) is 18.1. The second-order valence-electron chi connectivity index (χ2n) is 33.2. The summed E-state index contributed by atoms with van der Waals surface area (Å²) in [5, 5.41) is 58.1. The molecule has 122 heavy (non-hydrogen) atoms. The van der Waals surface area contributed by atoms with Crippen LogP contribution in [0, 0.1) is 41.5 Å². The topological polar surface area (TPSA) is 93.9 Å². The molecule has 8 nitrogen and oxygen atoms in total. The number of aryl methyl sites for hydroxylation is 4. The molecule has 16 aromatic carbocycles. The maximum absolute atomic E-state index is 12.3. The average Bonchev–Trinajstić information content (AvgIpc) is 1.55. The van der Waals surface area contributed by atoms with Gasteiger partial charge in [0.2, 0.25) is 0 Å². The molecule has 1 radical (unpaired) electrons. The van der Waals surface area contributed by atoms with Crippen molar-refractivity contribution in [2.75, 3.05) is 54.4 Å². The van der Waals surface area contributed by atoms with Gasteiger partial charge in [-0.2, -0.15) is 49.2 Å². The molecule has 0 spiro atoms. The Kier molecular flexibility index (Phi) is 29.0. The fourth-order valence-electron chi connectivity index (χ4n) is 18.2. The van der Waals surface area contributed by atoms with Gasteiger partial charge >= 0.3 is 57.4 Å². The Morgan fingerprint density at radius 3 is 0.787 bits per heavy atom. The van der Waals surface area contributed by atoms with E-state index in [0.29, 0.717) is 49.2 Å². The average molecular weight is 1710 g/mol. The van der Waals surface area contributed by atoms with Crippen molar-refractivity contribution >= 4 is 61.7 Å². The van der Waals surface area contributed by atoms with Crippen molar-refractivity contribution in [3.63, 3.8) is 0 Å². The summed E-state index contributed by atoms with van der Waals surface area (Å²) in [5.74, 6) is 1.29. The molecule has 0 fully saturated rings. The first-order valence-electron chi connectivity index (χ1n) is 41.4. The predicted molar refractivity (Wildman–Crippen MR) is 506 cm³/mol. The molecule has 2 aliphatic rings. The molecule has 2 aliphatic carbocycles. The number of phenols is 4. The van der Waals surface area contributed by atoms with Gasteiger partial charge in [-0.15, -0.1) is 24.3 Å². The molecule has 0 aromatic heterocycles. The standard InChI is InChI=1S/2C48H46N2O2.2C7H7.2ClH.2Ti/c2*1-31-24-35(46(51)41(26-31)45-37-16-8-6-14-33(37)28-34-15-7-9-17-38(34)45)29-50(23-22-49(4)5)30-36-25-32(2)27-44(47(36)52)48(3)42-20-12-10-18-39(42)40-19-11-13-21-43(40)48;2*1-7-5-3-2-4-6-7;;;;/h2*6-21,24-28,51-52H,22-23,29-30H2,1-5H3;2*2-6H,1H2;2*1H;;/q;;2*-1;;;+2;+3/p-2. The van der Waals surface area contributed by atoms with Crippen LogP contribution < -0.4 is 0 Å². The van der Waals surface area contributed by atoms with E-state index < -0.39 is 27.9 Å². The number of benzene rings is 16. The monoisotopic (exact) mass is 1710 g/mol. The third-order valence-corrected chi connectivity index (χ3v) is 23.9. The Bertz CT molecular complexity index is 5810. The molecule has 0 amide bonds. The van der Waals surface area contributed by atoms with Crippen molar-refractivity contribution in [2.24, 2.45) is 0 Å². The molecule has 0 atom stereocenters. The zero-order chi connectivity index (χ0) is 85.2. The number of halogens is 2. The van der Waals surface area contributed by atoms with Crippen LogP contribution in [0.5, 0.6) is 23.0 Å². The minimum absolute atomic E-state index is 0. The van der Waals surface area contributed by atoms with Gasteiger partial charge in [0.1, 0.15) is 23.0 Å². The van der Waals surface area contributed by atoms with Gasteiger partial charge in [0.15, 0.2) is 0 Å². The minimum atomic E-state index is -0.556. The Balaban J connectivity index is 0.000000175. The molecular weight excluding hydrogens is 1610 g/mol. The molecule has 18 rings (SSSR count). The van der Waals surface area contributed by atoms with Gasteiger partial charge in [0.05, 0.1) is 0 Å². The van der Waals surface area contributed by atoms with Gasteiger partial charge in [0.25, 0.3) is 0 Å². The fraction of sp³-hybridized carbons (Fsp3) is 0.182. The fourth-order valence-corrected chi connectivity index (χ4v) is 18.2. The number of likely N-dealkylation sites (N-methyl/N-ethyl adjacent to an activating group) is 2. The Labute approximate surface area is 752 Å². The number of phenolic OH excluding ortho intramolecular Hbond substituents is 4. The number of hydrogen-bond donors (Lipinski definition) is 4. The summed E-state index contributed by atoms with van der Waals surface area (Å²) in [6.07, 6.45) is 0. The third kappa shape index (κ3) is 19.1. The summed E-state index contributed by atoms with van der Waals surface area (Å²) < 4.78 is 0. The number of fused-ring (bicyclic) bond motifs is 10. The quantitative estimate of drug-likeness (QED) is 0.0384. The third-order valence-electron chi connectivity index (χ3n) is 23.9. The van der Waals surface area contributed by atoms with E-state index in [2.05, 4.69) is 358 Å². The predicted octanol–water partition coefficient (Wildman–Crippen LogP) is 26.3. The van der Waals surface area contributed by atoms with Crippen molar-refractivity contribution < 1.29 is 59.2 Å². The van der Waals surface area contributed by atoms with Crippen LogP contribution in [0.15, 0.2) is 315 Å². The Hall–Kier alpha value is -10.7. The molecule has 4 N–H and O–H groups in total. The van der Waals surface area contributed by atoms with Crippen LogP contribution in [0.2, 0.25) is 0 Å². The molecule has 0 bridgehead atoms. The van der Waals surface area contributed by atoms with Crippen molar-refractivity contribution in [3.8, 4) is 67.5 Å². The largest absolute Gasteiger partial charge is 3.00 e. The second kappa shape index (κ2) is 39.7. The Morgan fingerprint density at radius 1 is 0.287 bits per heavy atom. The van der Waals surface area contributed by atoms with Crippen LogP contribution in [-0.2, 0) is 75.8 Å². The van der Waals surface area contributed by atoms with Gasteiger partial charge < -0.3 is 30.2 Å².